The van der Waals surface area contributed by atoms with Crippen molar-refractivity contribution in [2.75, 3.05) is 18.0 Å². The van der Waals surface area contributed by atoms with Crippen LogP contribution in [0.1, 0.15) is 40.5 Å². The number of carboxylic acid groups (broad SMARTS) is 1. The highest BCUT2D eigenvalue weighted by Crippen LogP contribution is 2.37. The summed E-state index contributed by atoms with van der Waals surface area (Å²) in [6.45, 7) is 1.55. The molecule has 1 N–H and O–H groups in total. The van der Waals surface area contributed by atoms with Gasteiger partial charge in [-0.3, -0.25) is 4.98 Å². The number of carboxylic acids is 1. The largest absolute Gasteiger partial charge is 0.478 e. The molecular weight excluding hydrogens is 368 g/mol. The number of nitrogens with zero attached hydrogens (tertiary/aromatic N) is 6. The minimum absolute atomic E-state index is 0.122. The molecule has 0 saturated carbocycles. The van der Waals surface area contributed by atoms with E-state index in [2.05, 4.69) is 26.2 Å². The molecule has 2 aromatic heterocycles. The smallest absolute Gasteiger partial charge is 0.337 e. The average Bonchev–Trinajstić information content (AvgIpc) is 3.19. The first kappa shape index (κ1) is 18.6. The van der Waals surface area contributed by atoms with Crippen molar-refractivity contribution in [2.24, 2.45) is 7.05 Å². The quantitative estimate of drug-likeness (QED) is 0.732. The van der Waals surface area contributed by atoms with Crippen LogP contribution in [-0.4, -0.2) is 43.9 Å². The van der Waals surface area contributed by atoms with Crippen molar-refractivity contribution < 1.29 is 9.90 Å². The van der Waals surface area contributed by atoms with Gasteiger partial charge in [0, 0.05) is 49.6 Å². The van der Waals surface area contributed by atoms with E-state index in [1.54, 1.807) is 24.7 Å². The molecule has 0 amide bonds. The number of aryl methyl sites for hydroxylation is 1. The van der Waals surface area contributed by atoms with Gasteiger partial charge in [0.1, 0.15) is 18.2 Å². The summed E-state index contributed by atoms with van der Waals surface area (Å²) in [4.78, 5) is 17.6. The predicted molar refractivity (Wildman–Crippen MR) is 107 cm³/mol. The van der Waals surface area contributed by atoms with Crippen LogP contribution >= 0.6 is 0 Å². The second kappa shape index (κ2) is 7.72. The number of anilines is 1. The van der Waals surface area contributed by atoms with Crippen LogP contribution in [0.4, 0.5) is 5.69 Å². The second-order valence-electron chi connectivity index (χ2n) is 7.14. The van der Waals surface area contributed by atoms with Crippen molar-refractivity contribution in [3.63, 3.8) is 0 Å². The Kier molecular flexibility index (Phi) is 4.96. The molecule has 8 nitrogen and oxygen atoms in total. The maximum absolute atomic E-state index is 11.4. The Hall–Kier alpha value is -3.73. The van der Waals surface area contributed by atoms with Crippen molar-refractivity contribution in [1.29, 1.82) is 5.26 Å². The zero-order valence-corrected chi connectivity index (χ0v) is 16.0. The number of nitriles is 1. The number of hydrogen-bond acceptors (Lipinski definition) is 6. The molecule has 0 aliphatic carbocycles. The first-order valence-electron chi connectivity index (χ1n) is 9.39. The topological polar surface area (TPSA) is 108 Å². The van der Waals surface area contributed by atoms with E-state index in [1.807, 2.05) is 23.7 Å². The van der Waals surface area contributed by atoms with Crippen LogP contribution < -0.4 is 4.90 Å². The second-order valence-corrected chi connectivity index (χ2v) is 7.14. The number of carbonyl (C=O) groups is 1. The fourth-order valence-electron chi connectivity index (χ4n) is 3.93. The minimum Gasteiger partial charge on any atom is -0.478 e. The highest BCUT2D eigenvalue weighted by molar-refractivity contribution is 5.90. The number of pyridine rings is 1. The molecule has 1 fully saturated rings. The Morgan fingerprint density at radius 3 is 2.72 bits per heavy atom. The lowest BCUT2D eigenvalue weighted by molar-refractivity contribution is 0.0696. The summed E-state index contributed by atoms with van der Waals surface area (Å²) in [5, 5.41) is 27.2. The first-order valence-corrected chi connectivity index (χ1v) is 9.39. The number of para-hydroxylation sites is 1. The van der Waals surface area contributed by atoms with Gasteiger partial charge in [-0.2, -0.15) is 5.26 Å². The monoisotopic (exact) mass is 388 g/mol. The number of benzene rings is 1. The SMILES string of the molecule is Cn1cnnc1C1CCN(c2c(C#N)cccc2-c2cncc(C(=O)O)c2)CC1. The van der Waals surface area contributed by atoms with Crippen LogP contribution in [0.3, 0.4) is 0 Å². The molecule has 0 atom stereocenters. The fraction of sp³-hybridized carbons (Fsp3) is 0.286. The van der Waals surface area contributed by atoms with Crippen molar-refractivity contribution >= 4 is 11.7 Å². The van der Waals surface area contributed by atoms with Crippen LogP contribution in [0.5, 0.6) is 0 Å². The van der Waals surface area contributed by atoms with Crippen LogP contribution in [0, 0.1) is 11.3 Å². The molecule has 1 aliphatic heterocycles. The summed E-state index contributed by atoms with van der Waals surface area (Å²) in [7, 11) is 1.95. The molecule has 1 aliphatic rings. The van der Waals surface area contributed by atoms with Crippen LogP contribution in [-0.2, 0) is 7.05 Å². The summed E-state index contributed by atoms with van der Waals surface area (Å²) < 4.78 is 1.96. The van der Waals surface area contributed by atoms with Gasteiger partial charge in [0.2, 0.25) is 0 Å². The summed E-state index contributed by atoms with van der Waals surface area (Å²) in [5.74, 6) is 0.284. The Labute approximate surface area is 168 Å². The molecule has 0 bridgehead atoms. The molecule has 1 saturated heterocycles. The molecule has 1 aromatic carbocycles. The van der Waals surface area contributed by atoms with E-state index in [0.29, 0.717) is 17.0 Å². The summed E-state index contributed by atoms with van der Waals surface area (Å²) in [6, 6.07) is 9.40. The number of aromatic carboxylic acids is 1. The summed E-state index contributed by atoms with van der Waals surface area (Å²) >= 11 is 0. The van der Waals surface area contributed by atoms with Gasteiger partial charge in [0.15, 0.2) is 0 Å². The third-order valence-corrected chi connectivity index (χ3v) is 5.38. The number of rotatable bonds is 4. The van der Waals surface area contributed by atoms with Gasteiger partial charge in [0.05, 0.1) is 16.8 Å². The van der Waals surface area contributed by atoms with Gasteiger partial charge in [0.25, 0.3) is 0 Å². The molecule has 3 aromatic rings. The number of hydrogen-bond donors (Lipinski definition) is 1. The standard InChI is InChI=1S/C21H20N6O2/c1-26-13-24-25-20(26)14-5-7-27(8-6-14)19-15(10-22)3-2-4-18(19)16-9-17(21(28)29)12-23-11-16/h2-4,9,11-14H,5-8H2,1H3,(H,28,29). The van der Waals surface area contributed by atoms with Crippen LogP contribution in [0.2, 0.25) is 0 Å². The van der Waals surface area contributed by atoms with Gasteiger partial charge in [-0.25, -0.2) is 4.79 Å². The molecule has 146 valence electrons. The van der Waals surface area contributed by atoms with Crippen molar-refractivity contribution in [1.82, 2.24) is 19.7 Å². The minimum atomic E-state index is -1.03. The van der Waals surface area contributed by atoms with Crippen LogP contribution in [0.25, 0.3) is 11.1 Å². The van der Waals surface area contributed by atoms with E-state index in [1.165, 1.54) is 6.20 Å². The molecule has 0 unspecified atom stereocenters. The number of aromatic nitrogens is 4. The van der Waals surface area contributed by atoms with E-state index in [9.17, 15) is 15.2 Å². The lowest BCUT2D eigenvalue weighted by atomic mass is 9.93. The number of piperidine rings is 1. The van der Waals surface area contributed by atoms with E-state index in [-0.39, 0.29) is 5.56 Å². The van der Waals surface area contributed by atoms with Crippen molar-refractivity contribution in [2.45, 2.75) is 18.8 Å². The third-order valence-electron chi connectivity index (χ3n) is 5.38. The molecule has 0 spiro atoms. The molecule has 3 heterocycles. The van der Waals surface area contributed by atoms with Gasteiger partial charge in [-0.15, -0.1) is 10.2 Å². The zero-order chi connectivity index (χ0) is 20.4. The Balaban J connectivity index is 1.68. The summed E-state index contributed by atoms with van der Waals surface area (Å²) in [5.41, 5.74) is 3.03. The van der Waals surface area contributed by atoms with E-state index < -0.39 is 5.97 Å². The van der Waals surface area contributed by atoms with Gasteiger partial charge in [-0.05, 0) is 25.0 Å². The van der Waals surface area contributed by atoms with E-state index in [4.69, 9.17) is 0 Å². The Bertz CT molecular complexity index is 1090. The highest BCUT2D eigenvalue weighted by Gasteiger charge is 2.27. The lowest BCUT2D eigenvalue weighted by Gasteiger charge is -2.35. The molecule has 8 heteroatoms. The maximum atomic E-state index is 11.4. The van der Waals surface area contributed by atoms with Crippen LogP contribution in [0.15, 0.2) is 43.0 Å². The fourth-order valence-corrected chi connectivity index (χ4v) is 3.93. The first-order chi connectivity index (χ1) is 14.1. The highest BCUT2D eigenvalue weighted by atomic mass is 16.4. The van der Waals surface area contributed by atoms with Gasteiger partial charge >= 0.3 is 5.97 Å². The third kappa shape index (κ3) is 3.55. The van der Waals surface area contributed by atoms with Crippen molar-refractivity contribution in [3.05, 3.63) is 59.9 Å². The van der Waals surface area contributed by atoms with E-state index in [0.717, 1.165) is 43.0 Å². The average molecular weight is 388 g/mol. The Morgan fingerprint density at radius 2 is 2.07 bits per heavy atom. The van der Waals surface area contributed by atoms with Gasteiger partial charge < -0.3 is 14.6 Å². The lowest BCUT2D eigenvalue weighted by Crippen LogP contribution is -2.34. The molecule has 0 radical (unpaired) electrons. The van der Waals surface area contributed by atoms with Crippen molar-refractivity contribution in [3.8, 4) is 17.2 Å². The molecular formula is C21H20N6O2. The predicted octanol–water partition coefficient (Wildman–Crippen LogP) is 2.83. The van der Waals surface area contributed by atoms with Gasteiger partial charge in [-0.1, -0.05) is 12.1 Å². The molecule has 29 heavy (non-hydrogen) atoms. The maximum Gasteiger partial charge on any atom is 0.337 e. The molecule has 4 rings (SSSR count). The van der Waals surface area contributed by atoms with E-state index >= 15 is 0 Å². The zero-order valence-electron chi connectivity index (χ0n) is 16.0. The normalized spacial score (nSPS) is 14.6. The summed E-state index contributed by atoms with van der Waals surface area (Å²) in [6.07, 6.45) is 6.48. The Morgan fingerprint density at radius 1 is 1.28 bits per heavy atom.